The molecule has 0 saturated heterocycles. The summed E-state index contributed by atoms with van der Waals surface area (Å²) >= 11 is 1.72. The minimum atomic E-state index is 0.669. The topological polar surface area (TPSA) is 22.4 Å². The standard InChI is InChI=1S/C49H28N2OS/c1-50-40-25-24-35(34-17-11-21-45-46(34)36-16-8-9-20-44(36)52-45)47-37-18-10-19-43(48(37)53-49(40)47)51-41-26-22-32(30-12-4-2-5-13-30)28-38(41)39-29-33(23-27-42(39)51)31-14-6-3-7-15-31/h2-29H. The van der Waals surface area contributed by atoms with Gasteiger partial charge in [-0.1, -0.05) is 127 Å². The van der Waals surface area contributed by atoms with Crippen LogP contribution in [0.1, 0.15) is 0 Å². The Kier molecular flexibility index (Phi) is 6.48. The molecule has 11 aromatic rings. The minimum absolute atomic E-state index is 0.669. The first-order valence-electron chi connectivity index (χ1n) is 17.7. The minimum Gasteiger partial charge on any atom is -0.456 e. The van der Waals surface area contributed by atoms with Gasteiger partial charge in [0, 0.05) is 31.6 Å². The molecule has 0 radical (unpaired) electrons. The Morgan fingerprint density at radius 3 is 1.75 bits per heavy atom. The lowest BCUT2D eigenvalue weighted by atomic mass is 9.95. The van der Waals surface area contributed by atoms with E-state index in [1.807, 2.05) is 24.3 Å². The number of hydrogen-bond acceptors (Lipinski definition) is 2. The summed E-state index contributed by atoms with van der Waals surface area (Å²) in [6.45, 7) is 8.19. The van der Waals surface area contributed by atoms with Gasteiger partial charge in [-0.25, -0.2) is 4.85 Å². The maximum Gasteiger partial charge on any atom is 0.204 e. The first-order chi connectivity index (χ1) is 26.2. The van der Waals surface area contributed by atoms with Crippen LogP contribution in [0.15, 0.2) is 174 Å². The molecule has 11 rings (SSSR count). The van der Waals surface area contributed by atoms with Crippen LogP contribution in [0.25, 0.3) is 108 Å². The third-order valence-electron chi connectivity index (χ3n) is 10.6. The molecule has 0 fully saturated rings. The summed E-state index contributed by atoms with van der Waals surface area (Å²) in [7, 11) is 0. The zero-order valence-electron chi connectivity index (χ0n) is 28.4. The number of thiophene rings is 1. The van der Waals surface area contributed by atoms with Crippen molar-refractivity contribution in [3.8, 4) is 39.1 Å². The van der Waals surface area contributed by atoms with Crippen molar-refractivity contribution in [1.29, 1.82) is 0 Å². The van der Waals surface area contributed by atoms with Crippen molar-refractivity contribution in [1.82, 2.24) is 4.57 Å². The highest BCUT2D eigenvalue weighted by atomic mass is 32.1. The number of aromatic nitrogens is 1. The molecule has 4 heteroatoms. The fourth-order valence-corrected chi connectivity index (χ4v) is 9.55. The van der Waals surface area contributed by atoms with Crippen LogP contribution in [-0.2, 0) is 0 Å². The number of hydrogen-bond donors (Lipinski definition) is 0. The summed E-state index contributed by atoms with van der Waals surface area (Å²) in [5.41, 5.74) is 12.8. The molecule has 246 valence electrons. The van der Waals surface area contributed by atoms with Crippen LogP contribution in [0.3, 0.4) is 0 Å². The molecular formula is C49H28N2OS. The van der Waals surface area contributed by atoms with Crippen molar-refractivity contribution in [3.63, 3.8) is 0 Å². The fourth-order valence-electron chi connectivity index (χ4n) is 8.26. The van der Waals surface area contributed by atoms with Crippen LogP contribution in [0.5, 0.6) is 0 Å². The SMILES string of the molecule is [C-]#[N+]c1ccc(-c2cccc3oc4ccccc4c23)c2c1sc1c(-n3c4ccc(-c5ccccc5)cc4c4cc(-c5ccccc5)ccc43)cccc12. The second-order valence-electron chi connectivity index (χ2n) is 13.5. The molecule has 8 aromatic carbocycles. The fraction of sp³-hybridized carbons (Fsp3) is 0. The van der Waals surface area contributed by atoms with Crippen LogP contribution < -0.4 is 0 Å². The van der Waals surface area contributed by atoms with Gasteiger partial charge in [0.1, 0.15) is 11.2 Å². The largest absolute Gasteiger partial charge is 0.456 e. The average Bonchev–Trinajstić information content (AvgIpc) is 3.91. The Hall–Kier alpha value is -6.93. The van der Waals surface area contributed by atoms with Gasteiger partial charge in [-0.2, -0.15) is 0 Å². The summed E-state index contributed by atoms with van der Waals surface area (Å²) in [5.74, 6) is 0. The molecule has 53 heavy (non-hydrogen) atoms. The van der Waals surface area contributed by atoms with E-state index in [0.717, 1.165) is 70.0 Å². The highest BCUT2D eigenvalue weighted by Gasteiger charge is 2.22. The van der Waals surface area contributed by atoms with Crippen molar-refractivity contribution < 1.29 is 4.42 Å². The maximum atomic E-state index is 8.19. The normalized spacial score (nSPS) is 11.8. The van der Waals surface area contributed by atoms with Crippen molar-refractivity contribution in [3.05, 3.63) is 181 Å². The molecule has 0 spiro atoms. The van der Waals surface area contributed by atoms with E-state index < -0.39 is 0 Å². The average molecular weight is 693 g/mol. The molecule has 0 amide bonds. The Bertz CT molecular complexity index is 3190. The van der Waals surface area contributed by atoms with Gasteiger partial charge in [0.25, 0.3) is 0 Å². The van der Waals surface area contributed by atoms with Gasteiger partial charge in [0.2, 0.25) is 5.69 Å². The molecule has 0 N–H and O–H groups in total. The van der Waals surface area contributed by atoms with Gasteiger partial charge in [-0.15, -0.1) is 11.3 Å². The summed E-state index contributed by atoms with van der Waals surface area (Å²) in [5, 5.41) is 6.86. The monoisotopic (exact) mass is 692 g/mol. The van der Waals surface area contributed by atoms with Crippen molar-refractivity contribution >= 4 is 80.9 Å². The van der Waals surface area contributed by atoms with E-state index in [2.05, 4.69) is 155 Å². The predicted molar refractivity (Wildman–Crippen MR) is 224 cm³/mol. The molecule has 0 unspecified atom stereocenters. The van der Waals surface area contributed by atoms with Crippen LogP contribution in [0.4, 0.5) is 5.69 Å². The molecule has 3 heterocycles. The van der Waals surface area contributed by atoms with Crippen molar-refractivity contribution in [2.75, 3.05) is 0 Å². The number of para-hydroxylation sites is 1. The second-order valence-corrected chi connectivity index (χ2v) is 14.5. The summed E-state index contributed by atoms with van der Waals surface area (Å²) in [4.78, 5) is 4.04. The zero-order valence-corrected chi connectivity index (χ0v) is 29.2. The van der Waals surface area contributed by atoms with E-state index in [0.29, 0.717) is 5.69 Å². The number of benzene rings is 8. The Morgan fingerprint density at radius 2 is 1.06 bits per heavy atom. The molecular weight excluding hydrogens is 665 g/mol. The summed E-state index contributed by atoms with van der Waals surface area (Å²) in [6.07, 6.45) is 0. The first kappa shape index (κ1) is 29.8. The molecule has 0 aliphatic rings. The van der Waals surface area contributed by atoms with Gasteiger partial charge < -0.3 is 8.98 Å². The van der Waals surface area contributed by atoms with E-state index in [-0.39, 0.29) is 0 Å². The molecule has 0 aliphatic heterocycles. The molecule has 0 aliphatic carbocycles. The van der Waals surface area contributed by atoms with Crippen LogP contribution >= 0.6 is 11.3 Å². The van der Waals surface area contributed by atoms with Gasteiger partial charge in [-0.3, -0.25) is 0 Å². The maximum absolute atomic E-state index is 8.19. The highest BCUT2D eigenvalue weighted by molar-refractivity contribution is 7.27. The number of nitrogens with zero attached hydrogens (tertiary/aromatic N) is 2. The zero-order chi connectivity index (χ0) is 35.0. The molecule has 0 saturated carbocycles. The van der Waals surface area contributed by atoms with Crippen molar-refractivity contribution in [2.45, 2.75) is 0 Å². The van der Waals surface area contributed by atoms with E-state index in [4.69, 9.17) is 11.0 Å². The van der Waals surface area contributed by atoms with Gasteiger partial charge >= 0.3 is 0 Å². The lowest BCUT2D eigenvalue weighted by Gasteiger charge is -2.11. The first-order valence-corrected chi connectivity index (χ1v) is 18.5. The summed E-state index contributed by atoms with van der Waals surface area (Å²) in [6, 6.07) is 60.2. The molecule has 0 atom stereocenters. The quantitative estimate of drug-likeness (QED) is 0.168. The third-order valence-corrected chi connectivity index (χ3v) is 11.9. The second kappa shape index (κ2) is 11.5. The molecule has 3 aromatic heterocycles. The van der Waals surface area contributed by atoms with E-state index >= 15 is 0 Å². The molecule has 3 nitrogen and oxygen atoms in total. The van der Waals surface area contributed by atoms with Crippen LogP contribution in [-0.4, -0.2) is 4.57 Å². The Morgan fingerprint density at radius 1 is 0.453 bits per heavy atom. The van der Waals surface area contributed by atoms with E-state index in [1.165, 1.54) is 33.0 Å². The lowest BCUT2D eigenvalue weighted by molar-refractivity contribution is 0.669. The number of rotatable bonds is 4. The van der Waals surface area contributed by atoms with E-state index in [1.54, 1.807) is 11.3 Å². The Balaban J connectivity index is 1.22. The lowest BCUT2D eigenvalue weighted by Crippen LogP contribution is -1.94. The highest BCUT2D eigenvalue weighted by Crippen LogP contribution is 2.49. The Labute approximate surface area is 309 Å². The molecule has 0 bridgehead atoms. The van der Waals surface area contributed by atoms with E-state index in [9.17, 15) is 0 Å². The van der Waals surface area contributed by atoms with Gasteiger partial charge in [0.15, 0.2) is 0 Å². The van der Waals surface area contributed by atoms with Crippen molar-refractivity contribution in [2.24, 2.45) is 0 Å². The van der Waals surface area contributed by atoms with Crippen LogP contribution in [0.2, 0.25) is 0 Å². The predicted octanol–water partition coefficient (Wildman–Crippen LogP) is 14.6. The smallest absolute Gasteiger partial charge is 0.204 e. The summed E-state index contributed by atoms with van der Waals surface area (Å²) < 4.78 is 10.9. The number of furan rings is 1. The van der Waals surface area contributed by atoms with Gasteiger partial charge in [0.05, 0.1) is 28.0 Å². The third kappa shape index (κ3) is 4.45. The van der Waals surface area contributed by atoms with Crippen LogP contribution in [0, 0.1) is 6.57 Å². The number of fused-ring (bicyclic) bond motifs is 9. The van der Waals surface area contributed by atoms with Gasteiger partial charge in [-0.05, 0) is 81.2 Å².